The molecule has 0 rings (SSSR count). The molecule has 12 heavy (non-hydrogen) atoms. The van der Waals surface area contributed by atoms with E-state index >= 15 is 0 Å². The molecule has 0 bridgehead atoms. The molecule has 6 heteroatoms. The molecule has 0 aromatic rings. The molecule has 0 aromatic heterocycles. The third kappa shape index (κ3) is 48.2. The zero-order valence-electron chi connectivity index (χ0n) is 6.88. The summed E-state index contributed by atoms with van der Waals surface area (Å²) in [5.74, 6) is 0. The number of rotatable bonds is 2. The summed E-state index contributed by atoms with van der Waals surface area (Å²) >= 11 is 0. The van der Waals surface area contributed by atoms with Gasteiger partial charge in [-0.2, -0.15) is 0 Å². The summed E-state index contributed by atoms with van der Waals surface area (Å²) in [5, 5.41) is 34.6. The van der Waals surface area contributed by atoms with E-state index in [2.05, 4.69) is 0 Å². The van der Waals surface area contributed by atoms with Crippen molar-refractivity contribution in [2.45, 2.75) is 13.8 Å². The molecule has 0 amide bonds. The molecule has 70 valence electrons. The van der Waals surface area contributed by atoms with Gasteiger partial charge in [0.15, 0.2) is 0 Å². The average Bonchev–Trinajstić information content (AvgIpc) is 1.89. The van der Waals surface area contributed by atoms with Crippen LogP contribution in [0.2, 0.25) is 0 Å². The molecule has 2 radical (unpaired) electrons. The minimum Gasteiger partial charge on any atom is -0.853 e. The third-order valence-electron chi connectivity index (χ3n) is 0.418. The van der Waals surface area contributed by atoms with Crippen LogP contribution in [0.3, 0.4) is 0 Å². The van der Waals surface area contributed by atoms with Crippen molar-refractivity contribution in [1.29, 1.82) is 0 Å². The molecule has 0 saturated carbocycles. The van der Waals surface area contributed by atoms with Gasteiger partial charge in [-0.05, 0) is 0 Å². The Kier molecular flexibility index (Phi) is 33.1. The van der Waals surface area contributed by atoms with E-state index in [9.17, 15) is 10.2 Å². The molecule has 0 heterocycles. The quantitative estimate of drug-likeness (QED) is 0.453. The Hall–Kier alpha value is 0.299. The molecule has 0 saturated heterocycles. The van der Waals surface area contributed by atoms with E-state index in [1.54, 1.807) is 0 Å². The molecule has 0 atom stereocenters. The minimum atomic E-state index is -0.472. The SMILES string of the molecule is CC(=[N-])C[O-].CC(=[N-])C[O-].[Mn+2].[Mn+2]. The summed E-state index contributed by atoms with van der Waals surface area (Å²) in [4.78, 5) is 0. The molecule has 0 N–H and O–H groups in total. The van der Waals surface area contributed by atoms with Crippen LogP contribution in [0.25, 0.3) is 10.8 Å². The van der Waals surface area contributed by atoms with Crippen molar-refractivity contribution in [3.63, 3.8) is 0 Å². The van der Waals surface area contributed by atoms with Gasteiger partial charge >= 0.3 is 34.1 Å². The van der Waals surface area contributed by atoms with E-state index in [0.29, 0.717) is 0 Å². The van der Waals surface area contributed by atoms with Crippen molar-refractivity contribution in [2.24, 2.45) is 0 Å². The summed E-state index contributed by atoms with van der Waals surface area (Å²) in [6, 6.07) is 0. The van der Waals surface area contributed by atoms with Crippen LogP contribution in [0, 0.1) is 0 Å². The third-order valence-corrected chi connectivity index (χ3v) is 0.418. The summed E-state index contributed by atoms with van der Waals surface area (Å²) in [7, 11) is 0. The van der Waals surface area contributed by atoms with Crippen LogP contribution < -0.4 is 10.2 Å². The number of nitrogens with zero attached hydrogens (tertiary/aromatic N) is 2. The van der Waals surface area contributed by atoms with Crippen LogP contribution in [-0.2, 0) is 34.1 Å². The largest absolute Gasteiger partial charge is 2.00 e. The van der Waals surface area contributed by atoms with Gasteiger partial charge in [-0.15, -0.1) is 13.2 Å². The van der Waals surface area contributed by atoms with Crippen LogP contribution in [0.5, 0.6) is 0 Å². The minimum absolute atomic E-state index is 0. The van der Waals surface area contributed by atoms with Crippen molar-refractivity contribution < 1.29 is 44.4 Å². The van der Waals surface area contributed by atoms with Crippen molar-refractivity contribution in [2.75, 3.05) is 13.2 Å². The van der Waals surface area contributed by atoms with Crippen molar-refractivity contribution in [1.82, 2.24) is 0 Å². The predicted octanol–water partition coefficient (Wildman–Crippen LogP) is -1.25. The molecule has 0 unspecified atom stereocenters. The van der Waals surface area contributed by atoms with Gasteiger partial charge in [0.1, 0.15) is 0 Å². The summed E-state index contributed by atoms with van der Waals surface area (Å²) in [6.07, 6.45) is 0. The molecule has 0 aliphatic heterocycles. The van der Waals surface area contributed by atoms with Crippen LogP contribution in [0.4, 0.5) is 0 Å². The normalized spacial score (nSPS) is 6.33. The van der Waals surface area contributed by atoms with Crippen LogP contribution in [-0.4, -0.2) is 24.6 Å². The van der Waals surface area contributed by atoms with E-state index in [4.69, 9.17) is 10.8 Å². The Morgan fingerprint density at radius 2 is 1.00 bits per heavy atom. The molecule has 0 spiro atoms. The van der Waals surface area contributed by atoms with E-state index in [1.807, 2.05) is 0 Å². The zero-order chi connectivity index (χ0) is 8.57. The van der Waals surface area contributed by atoms with E-state index in [-0.39, 0.29) is 45.6 Å². The first-order chi connectivity index (χ1) is 4.54. The summed E-state index contributed by atoms with van der Waals surface area (Å²) in [5.41, 5.74) is -0.102. The predicted molar refractivity (Wildman–Crippen MR) is 37.8 cm³/mol. The van der Waals surface area contributed by atoms with Gasteiger partial charge in [0, 0.05) is 0 Å². The summed E-state index contributed by atoms with van der Waals surface area (Å²) in [6.45, 7) is 1.82. The maximum atomic E-state index is 9.34. The maximum Gasteiger partial charge on any atom is 2.00 e. The van der Waals surface area contributed by atoms with Gasteiger partial charge in [-0.3, -0.25) is 0 Å². The molecular formula is C6H10Mn2N2O2. The standard InChI is InChI=1S/2C3H5NO.2Mn/c2*1-3(4)2-5;;/h2*2H2,1H3;;/q2*-2;2*+2. The topological polar surface area (TPSA) is 90.7 Å². The smallest absolute Gasteiger partial charge is 0.853 e. The molecule has 0 fully saturated rings. The van der Waals surface area contributed by atoms with Gasteiger partial charge in [-0.1, -0.05) is 13.8 Å². The first-order valence-corrected chi connectivity index (χ1v) is 2.73. The molecule has 0 aliphatic carbocycles. The summed E-state index contributed by atoms with van der Waals surface area (Å²) < 4.78 is 0. The molecular weight excluding hydrogens is 242 g/mol. The van der Waals surface area contributed by atoms with E-state index < -0.39 is 13.2 Å². The Morgan fingerprint density at radius 1 is 0.917 bits per heavy atom. The van der Waals surface area contributed by atoms with Gasteiger partial charge in [0.2, 0.25) is 0 Å². The van der Waals surface area contributed by atoms with Crippen molar-refractivity contribution >= 4 is 11.4 Å². The maximum absolute atomic E-state index is 9.34. The number of hydrogen-bond donors (Lipinski definition) is 0. The van der Waals surface area contributed by atoms with Crippen LogP contribution in [0.1, 0.15) is 13.8 Å². The fourth-order valence-corrected chi connectivity index (χ4v) is 0. The zero-order valence-corrected chi connectivity index (χ0v) is 9.24. The van der Waals surface area contributed by atoms with E-state index in [0.717, 1.165) is 0 Å². The Morgan fingerprint density at radius 3 is 1.00 bits per heavy atom. The van der Waals surface area contributed by atoms with Gasteiger partial charge in [0.25, 0.3) is 0 Å². The second kappa shape index (κ2) is 17.4. The van der Waals surface area contributed by atoms with Crippen molar-refractivity contribution in [3.05, 3.63) is 10.8 Å². The fraction of sp³-hybridized carbons (Fsp3) is 0.667. The Balaban J connectivity index is -0.0000000457. The fourth-order valence-electron chi connectivity index (χ4n) is 0. The Bertz CT molecular complexity index is 106. The van der Waals surface area contributed by atoms with Gasteiger partial charge in [0.05, 0.1) is 0 Å². The van der Waals surface area contributed by atoms with Gasteiger partial charge < -0.3 is 21.0 Å². The Labute approximate surface area is 93.7 Å². The van der Waals surface area contributed by atoms with E-state index in [1.165, 1.54) is 13.8 Å². The van der Waals surface area contributed by atoms with Gasteiger partial charge in [-0.25, -0.2) is 11.4 Å². The first-order valence-electron chi connectivity index (χ1n) is 2.73. The van der Waals surface area contributed by atoms with Crippen LogP contribution in [0.15, 0.2) is 0 Å². The second-order valence-electron chi connectivity index (χ2n) is 1.76. The van der Waals surface area contributed by atoms with Crippen molar-refractivity contribution in [3.8, 4) is 0 Å². The molecule has 4 nitrogen and oxygen atoms in total. The number of hydrogen-bond acceptors (Lipinski definition) is 2. The molecule has 0 aromatic carbocycles. The first kappa shape index (κ1) is 22.8. The van der Waals surface area contributed by atoms with Crippen LogP contribution >= 0.6 is 0 Å². The second-order valence-corrected chi connectivity index (χ2v) is 1.76. The molecule has 0 aliphatic rings. The average molecular weight is 252 g/mol. The monoisotopic (exact) mass is 252 g/mol.